The molecular weight excluding hydrogens is 401 g/mol. The number of rotatable bonds is 4. The Kier molecular flexibility index (Phi) is 4.98. The number of non-ortho nitro benzene ring substituents is 1. The predicted octanol–water partition coefficient (Wildman–Crippen LogP) is 5.57. The Balaban J connectivity index is 3.20. The van der Waals surface area contributed by atoms with Crippen molar-refractivity contribution < 1.29 is 22.5 Å². The summed E-state index contributed by atoms with van der Waals surface area (Å²) in [5.41, 5.74) is -0.534. The molecule has 1 aromatic carbocycles. The minimum Gasteiger partial charge on any atom is -0.258 e. The fourth-order valence-corrected chi connectivity index (χ4v) is 2.57. The summed E-state index contributed by atoms with van der Waals surface area (Å²) in [7, 11) is 0. The second-order valence-corrected chi connectivity index (χ2v) is 6.05. The predicted molar refractivity (Wildman–Crippen MR) is 67.8 cm³/mol. The fourth-order valence-electron chi connectivity index (χ4n) is 0.935. The molecule has 0 aliphatic rings. The maximum atomic E-state index is 13.2. The van der Waals surface area contributed by atoms with Crippen LogP contribution in [0.4, 0.5) is 23.2 Å². The lowest BCUT2D eigenvalue weighted by molar-refractivity contribution is -0.384. The number of nitro groups is 1. The average molecular weight is 403 g/mol. The molecule has 0 aliphatic heterocycles. The van der Waals surface area contributed by atoms with Crippen molar-refractivity contribution in [1.82, 2.24) is 0 Å². The summed E-state index contributed by atoms with van der Waals surface area (Å²) >= 11 is 12.0. The summed E-state index contributed by atoms with van der Waals surface area (Å²) in [6, 6.07) is 1.50. The van der Waals surface area contributed by atoms with Crippen LogP contribution in [0.25, 0.3) is 0 Å². The van der Waals surface area contributed by atoms with Crippen molar-refractivity contribution in [3.8, 4) is 0 Å². The number of thioether (sulfide) groups is 1. The van der Waals surface area contributed by atoms with Gasteiger partial charge >= 0.3 is 10.1 Å². The number of nitro benzene ring substituents is 1. The van der Waals surface area contributed by atoms with Gasteiger partial charge in [0.05, 0.1) is 19.9 Å². The molecule has 0 radical (unpaired) electrons. The first kappa shape index (κ1) is 16.8. The van der Waals surface area contributed by atoms with Gasteiger partial charge < -0.3 is 0 Å². The zero-order valence-electron chi connectivity index (χ0n) is 8.47. The van der Waals surface area contributed by atoms with E-state index in [4.69, 9.17) is 23.2 Å². The Morgan fingerprint density at radius 3 is 1.95 bits per heavy atom. The van der Waals surface area contributed by atoms with Gasteiger partial charge in [-0.15, -0.1) is 0 Å². The van der Waals surface area contributed by atoms with E-state index < -0.39 is 47.4 Å². The highest BCUT2D eigenvalue weighted by molar-refractivity contribution is 9.10. The first-order valence-electron chi connectivity index (χ1n) is 4.22. The first-order chi connectivity index (χ1) is 8.45. The van der Waals surface area contributed by atoms with Crippen molar-refractivity contribution in [3.05, 3.63) is 32.3 Å². The SMILES string of the molecule is O=[N+]([O-])c1cc(Cl)c(SC(F)(F)C(F)(F)Br)c(Cl)c1. The van der Waals surface area contributed by atoms with Crippen LogP contribution in [-0.2, 0) is 0 Å². The van der Waals surface area contributed by atoms with Crippen molar-refractivity contribution >= 4 is 56.6 Å². The van der Waals surface area contributed by atoms with Crippen molar-refractivity contribution in [2.75, 3.05) is 0 Å². The van der Waals surface area contributed by atoms with Crippen LogP contribution in [0.1, 0.15) is 0 Å². The Labute approximate surface area is 126 Å². The Hall–Kier alpha value is -0.250. The van der Waals surface area contributed by atoms with E-state index in [1.54, 1.807) is 15.9 Å². The molecule has 1 aromatic rings. The summed E-state index contributed by atoms with van der Waals surface area (Å²) in [4.78, 5) is 4.56. The van der Waals surface area contributed by atoms with Gasteiger partial charge in [0, 0.05) is 12.1 Å². The number of benzene rings is 1. The molecule has 11 heteroatoms. The van der Waals surface area contributed by atoms with Crippen LogP contribution >= 0.6 is 50.9 Å². The van der Waals surface area contributed by atoms with E-state index in [0.29, 0.717) is 0 Å². The van der Waals surface area contributed by atoms with Gasteiger partial charge in [0.2, 0.25) is 0 Å². The van der Waals surface area contributed by atoms with Crippen LogP contribution in [0.3, 0.4) is 0 Å². The number of hydrogen-bond acceptors (Lipinski definition) is 3. The van der Waals surface area contributed by atoms with Gasteiger partial charge in [-0.2, -0.15) is 17.6 Å². The van der Waals surface area contributed by atoms with Crippen LogP contribution in [0.2, 0.25) is 10.0 Å². The average Bonchev–Trinajstić information content (AvgIpc) is 2.21. The highest BCUT2D eigenvalue weighted by atomic mass is 79.9. The van der Waals surface area contributed by atoms with Crippen molar-refractivity contribution in [2.24, 2.45) is 0 Å². The second kappa shape index (κ2) is 5.63. The van der Waals surface area contributed by atoms with E-state index in [-0.39, 0.29) is 0 Å². The largest absolute Gasteiger partial charge is 0.373 e. The summed E-state index contributed by atoms with van der Waals surface area (Å²) in [5, 5.41) is 4.91. The Bertz CT molecular complexity index is 503. The number of nitrogens with zero attached hydrogens (tertiary/aromatic N) is 1. The standard InChI is InChI=1S/C8H2BrCl2F4NO2S/c9-7(12,13)8(14,15)19-6-4(10)1-3(16(17)18)2-5(6)11/h1-2H. The zero-order chi connectivity index (χ0) is 15.0. The molecular formula is C8H2BrCl2F4NO2S. The van der Waals surface area contributed by atoms with E-state index in [1.807, 2.05) is 0 Å². The van der Waals surface area contributed by atoms with Crippen molar-refractivity contribution in [2.45, 2.75) is 15.0 Å². The minimum absolute atomic E-state index is 0.513. The van der Waals surface area contributed by atoms with E-state index >= 15 is 0 Å². The number of hydrogen-bond donors (Lipinski definition) is 0. The third-order valence-corrected chi connectivity index (χ3v) is 4.49. The van der Waals surface area contributed by atoms with Crippen molar-refractivity contribution in [3.63, 3.8) is 0 Å². The molecule has 0 N–H and O–H groups in total. The van der Waals surface area contributed by atoms with Crippen LogP contribution in [0.5, 0.6) is 0 Å². The molecule has 106 valence electrons. The molecule has 0 unspecified atom stereocenters. The molecule has 19 heavy (non-hydrogen) atoms. The number of alkyl halides is 5. The molecule has 0 amide bonds. The summed E-state index contributed by atoms with van der Waals surface area (Å²) in [6.07, 6.45) is 0. The fraction of sp³-hybridized carbons (Fsp3) is 0.250. The number of halogens is 7. The summed E-state index contributed by atoms with van der Waals surface area (Å²) in [6.45, 7) is 0. The highest BCUT2D eigenvalue weighted by Gasteiger charge is 2.55. The lowest BCUT2D eigenvalue weighted by Gasteiger charge is -2.21. The smallest absolute Gasteiger partial charge is 0.258 e. The van der Waals surface area contributed by atoms with E-state index in [0.717, 1.165) is 12.1 Å². The Morgan fingerprint density at radius 2 is 1.63 bits per heavy atom. The summed E-state index contributed by atoms with van der Waals surface area (Å²) in [5.74, 6) is 0. The third kappa shape index (κ3) is 3.87. The molecule has 3 nitrogen and oxygen atoms in total. The molecule has 0 bridgehead atoms. The van der Waals surface area contributed by atoms with Gasteiger partial charge in [0.1, 0.15) is 0 Å². The van der Waals surface area contributed by atoms with Gasteiger partial charge in [-0.1, -0.05) is 23.2 Å². The molecule has 0 atom stereocenters. The van der Waals surface area contributed by atoms with Crippen LogP contribution in [0, 0.1) is 10.1 Å². The highest BCUT2D eigenvalue weighted by Crippen LogP contribution is 2.53. The lowest BCUT2D eigenvalue weighted by Crippen LogP contribution is -2.31. The lowest BCUT2D eigenvalue weighted by atomic mass is 10.3. The van der Waals surface area contributed by atoms with E-state index in [9.17, 15) is 27.7 Å². The molecule has 0 aliphatic carbocycles. The van der Waals surface area contributed by atoms with Crippen molar-refractivity contribution in [1.29, 1.82) is 0 Å². The van der Waals surface area contributed by atoms with Gasteiger partial charge in [0.15, 0.2) is 0 Å². The molecule has 0 aromatic heterocycles. The molecule has 0 saturated carbocycles. The van der Waals surface area contributed by atoms with Crippen LogP contribution in [0.15, 0.2) is 17.0 Å². The molecule has 0 spiro atoms. The van der Waals surface area contributed by atoms with Crippen LogP contribution in [-0.4, -0.2) is 15.0 Å². The van der Waals surface area contributed by atoms with E-state index in [2.05, 4.69) is 0 Å². The van der Waals surface area contributed by atoms with Gasteiger partial charge in [-0.05, 0) is 27.7 Å². The topological polar surface area (TPSA) is 43.1 Å². The molecule has 0 saturated heterocycles. The quantitative estimate of drug-likeness (QED) is 0.217. The molecule has 1 rings (SSSR count). The first-order valence-corrected chi connectivity index (χ1v) is 6.59. The second-order valence-electron chi connectivity index (χ2n) is 3.11. The molecule has 0 fully saturated rings. The maximum Gasteiger partial charge on any atom is 0.373 e. The maximum absolute atomic E-state index is 13.2. The van der Waals surface area contributed by atoms with Gasteiger partial charge in [-0.3, -0.25) is 10.1 Å². The van der Waals surface area contributed by atoms with E-state index in [1.165, 1.54) is 0 Å². The van der Waals surface area contributed by atoms with Crippen LogP contribution < -0.4 is 0 Å². The normalized spacial score (nSPS) is 12.6. The molecule has 0 heterocycles. The van der Waals surface area contributed by atoms with Gasteiger partial charge in [0.25, 0.3) is 5.69 Å². The van der Waals surface area contributed by atoms with Gasteiger partial charge in [-0.25, -0.2) is 0 Å². The zero-order valence-corrected chi connectivity index (χ0v) is 12.4. The summed E-state index contributed by atoms with van der Waals surface area (Å²) < 4.78 is 51.5. The minimum atomic E-state index is -4.53. The monoisotopic (exact) mass is 401 g/mol. The Morgan fingerprint density at radius 1 is 1.21 bits per heavy atom. The third-order valence-electron chi connectivity index (χ3n) is 1.75.